The largest absolute Gasteiger partial charge is 0.397 e. The Bertz CT molecular complexity index is 741. The van der Waals surface area contributed by atoms with Crippen LogP contribution in [0.2, 0.25) is 0 Å². The Labute approximate surface area is 115 Å². The molecular formula is C13H12F2N2O2S. The van der Waals surface area contributed by atoms with Crippen molar-refractivity contribution in [2.75, 3.05) is 17.3 Å². The van der Waals surface area contributed by atoms with E-state index in [1.165, 1.54) is 24.3 Å². The quantitative estimate of drug-likeness (QED) is 0.855. The SMILES string of the molecule is CS(=O)(=O)c1ccc(Nc2c(F)cccc2F)c(N)c1. The second-order valence-electron chi connectivity index (χ2n) is 4.24. The van der Waals surface area contributed by atoms with Crippen molar-refractivity contribution < 1.29 is 17.2 Å². The van der Waals surface area contributed by atoms with E-state index in [9.17, 15) is 17.2 Å². The normalized spacial score (nSPS) is 11.3. The van der Waals surface area contributed by atoms with Crippen LogP contribution in [0.3, 0.4) is 0 Å². The maximum absolute atomic E-state index is 13.5. The molecular weight excluding hydrogens is 286 g/mol. The Kier molecular flexibility index (Phi) is 3.63. The van der Waals surface area contributed by atoms with Crippen molar-refractivity contribution in [2.24, 2.45) is 0 Å². The van der Waals surface area contributed by atoms with Gasteiger partial charge in [-0.15, -0.1) is 0 Å². The maximum Gasteiger partial charge on any atom is 0.175 e. The van der Waals surface area contributed by atoms with Crippen LogP contribution in [0.4, 0.5) is 25.8 Å². The molecule has 106 valence electrons. The number of nitrogens with two attached hydrogens (primary N) is 1. The van der Waals surface area contributed by atoms with Crippen LogP contribution in [0.1, 0.15) is 0 Å². The highest BCUT2D eigenvalue weighted by molar-refractivity contribution is 7.90. The van der Waals surface area contributed by atoms with Gasteiger partial charge < -0.3 is 11.1 Å². The van der Waals surface area contributed by atoms with Crippen LogP contribution in [-0.4, -0.2) is 14.7 Å². The van der Waals surface area contributed by atoms with Crippen LogP contribution >= 0.6 is 0 Å². The molecule has 0 heterocycles. The summed E-state index contributed by atoms with van der Waals surface area (Å²) in [5, 5.41) is 2.52. The van der Waals surface area contributed by atoms with E-state index in [-0.39, 0.29) is 22.0 Å². The fraction of sp³-hybridized carbons (Fsp3) is 0.0769. The molecule has 0 radical (unpaired) electrons. The van der Waals surface area contributed by atoms with Gasteiger partial charge >= 0.3 is 0 Å². The Morgan fingerprint density at radius 2 is 1.70 bits per heavy atom. The van der Waals surface area contributed by atoms with Gasteiger partial charge in [-0.25, -0.2) is 17.2 Å². The lowest BCUT2D eigenvalue weighted by Gasteiger charge is -2.12. The van der Waals surface area contributed by atoms with Gasteiger partial charge in [0.2, 0.25) is 0 Å². The van der Waals surface area contributed by atoms with Gasteiger partial charge in [0.05, 0.1) is 16.3 Å². The Morgan fingerprint density at radius 3 is 2.20 bits per heavy atom. The van der Waals surface area contributed by atoms with E-state index in [2.05, 4.69) is 5.32 Å². The molecule has 0 saturated heterocycles. The average molecular weight is 298 g/mol. The minimum Gasteiger partial charge on any atom is -0.397 e. The van der Waals surface area contributed by atoms with Gasteiger partial charge in [-0.3, -0.25) is 0 Å². The van der Waals surface area contributed by atoms with Crippen molar-refractivity contribution in [1.29, 1.82) is 0 Å². The summed E-state index contributed by atoms with van der Waals surface area (Å²) in [6, 6.07) is 7.35. The van der Waals surface area contributed by atoms with Crippen molar-refractivity contribution in [3.63, 3.8) is 0 Å². The highest BCUT2D eigenvalue weighted by Crippen LogP contribution is 2.28. The van der Waals surface area contributed by atoms with E-state index in [0.717, 1.165) is 18.4 Å². The third kappa shape index (κ3) is 2.88. The molecule has 4 nitrogen and oxygen atoms in total. The lowest BCUT2D eigenvalue weighted by Crippen LogP contribution is -2.03. The second kappa shape index (κ2) is 5.09. The molecule has 2 aromatic rings. The lowest BCUT2D eigenvalue weighted by atomic mass is 10.2. The summed E-state index contributed by atoms with van der Waals surface area (Å²) in [5.41, 5.74) is 5.66. The predicted molar refractivity (Wildman–Crippen MR) is 73.6 cm³/mol. The second-order valence-corrected chi connectivity index (χ2v) is 6.26. The number of rotatable bonds is 3. The zero-order chi connectivity index (χ0) is 14.9. The molecule has 20 heavy (non-hydrogen) atoms. The first-order chi connectivity index (χ1) is 9.29. The topological polar surface area (TPSA) is 72.2 Å². The zero-order valence-electron chi connectivity index (χ0n) is 10.5. The van der Waals surface area contributed by atoms with Gasteiger partial charge in [0.1, 0.15) is 17.3 Å². The number of benzene rings is 2. The predicted octanol–water partition coefficient (Wildman–Crippen LogP) is 2.69. The number of nitrogens with one attached hydrogen (secondary N) is 1. The molecule has 2 aromatic carbocycles. The molecule has 2 rings (SSSR count). The van der Waals surface area contributed by atoms with Gasteiger partial charge in [-0.1, -0.05) is 6.07 Å². The van der Waals surface area contributed by atoms with Gasteiger partial charge in [-0.2, -0.15) is 0 Å². The Morgan fingerprint density at radius 1 is 1.10 bits per heavy atom. The van der Waals surface area contributed by atoms with E-state index in [4.69, 9.17) is 5.73 Å². The highest BCUT2D eigenvalue weighted by atomic mass is 32.2. The number of nitrogen functional groups attached to an aromatic ring is 1. The Balaban J connectivity index is 2.41. The summed E-state index contributed by atoms with van der Waals surface area (Å²) in [4.78, 5) is 0.0366. The van der Waals surface area contributed by atoms with Gasteiger partial charge in [0.15, 0.2) is 9.84 Å². The van der Waals surface area contributed by atoms with Crippen LogP contribution in [-0.2, 0) is 9.84 Å². The molecule has 0 spiro atoms. The molecule has 0 aliphatic rings. The number of halogens is 2. The molecule has 0 saturated carbocycles. The summed E-state index contributed by atoms with van der Waals surface area (Å²) in [5.74, 6) is -1.53. The third-order valence-corrected chi connectivity index (χ3v) is 3.78. The number of para-hydroxylation sites is 1. The Hall–Kier alpha value is -2.15. The molecule has 7 heteroatoms. The summed E-state index contributed by atoms with van der Waals surface area (Å²) < 4.78 is 49.7. The number of sulfone groups is 1. The standard InChI is InChI=1S/C13H12F2N2O2S/c1-20(18,19)8-5-6-12(11(16)7-8)17-13-9(14)3-2-4-10(13)15/h2-7,17H,16H2,1H3. The molecule has 0 fully saturated rings. The van der Waals surface area contributed by atoms with Crippen molar-refractivity contribution in [2.45, 2.75) is 4.90 Å². The average Bonchev–Trinajstić information content (AvgIpc) is 2.34. The minimum atomic E-state index is -3.39. The summed E-state index contributed by atoms with van der Waals surface area (Å²) in [6.07, 6.45) is 1.05. The molecule has 0 atom stereocenters. The lowest BCUT2D eigenvalue weighted by molar-refractivity contribution is 0.590. The number of hydrogen-bond donors (Lipinski definition) is 2. The van der Waals surface area contributed by atoms with Gasteiger partial charge in [-0.05, 0) is 30.3 Å². The minimum absolute atomic E-state index is 0.0366. The van der Waals surface area contributed by atoms with Crippen molar-refractivity contribution in [1.82, 2.24) is 0 Å². The van der Waals surface area contributed by atoms with Crippen LogP contribution in [0.15, 0.2) is 41.3 Å². The van der Waals surface area contributed by atoms with E-state index in [0.29, 0.717) is 0 Å². The van der Waals surface area contributed by atoms with Crippen LogP contribution in [0, 0.1) is 11.6 Å². The maximum atomic E-state index is 13.5. The van der Waals surface area contributed by atoms with E-state index < -0.39 is 21.5 Å². The van der Waals surface area contributed by atoms with Crippen molar-refractivity contribution in [3.8, 4) is 0 Å². The fourth-order valence-corrected chi connectivity index (χ4v) is 2.29. The van der Waals surface area contributed by atoms with Crippen molar-refractivity contribution in [3.05, 3.63) is 48.0 Å². The summed E-state index contributed by atoms with van der Waals surface area (Å²) in [7, 11) is -3.39. The summed E-state index contributed by atoms with van der Waals surface area (Å²) >= 11 is 0. The molecule has 0 unspecified atom stereocenters. The van der Waals surface area contributed by atoms with Crippen LogP contribution in [0.25, 0.3) is 0 Å². The first kappa shape index (κ1) is 14.3. The van der Waals surface area contributed by atoms with Crippen molar-refractivity contribution >= 4 is 26.9 Å². The van der Waals surface area contributed by atoms with Crippen LogP contribution in [0.5, 0.6) is 0 Å². The highest BCUT2D eigenvalue weighted by Gasteiger charge is 2.12. The van der Waals surface area contributed by atoms with Crippen LogP contribution < -0.4 is 11.1 Å². The molecule has 0 bridgehead atoms. The molecule has 0 amide bonds. The monoisotopic (exact) mass is 298 g/mol. The first-order valence-electron chi connectivity index (χ1n) is 5.59. The number of hydrogen-bond acceptors (Lipinski definition) is 4. The molecule has 0 aliphatic carbocycles. The molecule has 0 aromatic heterocycles. The molecule has 0 aliphatic heterocycles. The van der Waals surface area contributed by atoms with Gasteiger partial charge in [0, 0.05) is 6.26 Å². The zero-order valence-corrected chi connectivity index (χ0v) is 11.3. The van der Waals surface area contributed by atoms with Gasteiger partial charge in [0.25, 0.3) is 0 Å². The fourth-order valence-electron chi connectivity index (χ4n) is 1.64. The number of anilines is 3. The molecule has 3 N–H and O–H groups in total. The van der Waals surface area contributed by atoms with E-state index in [1.54, 1.807) is 0 Å². The van der Waals surface area contributed by atoms with E-state index in [1.807, 2.05) is 0 Å². The summed E-state index contributed by atoms with van der Waals surface area (Å²) in [6.45, 7) is 0. The van der Waals surface area contributed by atoms with E-state index >= 15 is 0 Å². The third-order valence-electron chi connectivity index (χ3n) is 2.67. The smallest absolute Gasteiger partial charge is 0.175 e. The first-order valence-corrected chi connectivity index (χ1v) is 7.49.